The van der Waals surface area contributed by atoms with Crippen LogP contribution in [0.3, 0.4) is 0 Å². The van der Waals surface area contributed by atoms with Gasteiger partial charge in [0.05, 0.1) is 0 Å². The van der Waals surface area contributed by atoms with E-state index in [4.69, 9.17) is 9.11 Å². The predicted molar refractivity (Wildman–Crippen MR) is 52.0 cm³/mol. The van der Waals surface area contributed by atoms with Crippen LogP contribution in [0.4, 0.5) is 0 Å². The molecule has 0 aliphatic heterocycles. The Morgan fingerprint density at radius 2 is 1.12 bits per heavy atom. The first-order valence-electron chi connectivity index (χ1n) is 3.82. The molecular weight excluding hydrogens is 264 g/mol. The van der Waals surface area contributed by atoms with Gasteiger partial charge >= 0.3 is 20.8 Å². The quantitative estimate of drug-likeness (QED) is 0.514. The van der Waals surface area contributed by atoms with Crippen LogP contribution in [0.1, 0.15) is 13.8 Å². The summed E-state index contributed by atoms with van der Waals surface area (Å²) in [6, 6.07) is 0. The summed E-state index contributed by atoms with van der Waals surface area (Å²) < 4.78 is 65.4. The van der Waals surface area contributed by atoms with Crippen molar-refractivity contribution in [3.8, 4) is 11.8 Å². The van der Waals surface area contributed by atoms with Gasteiger partial charge in [0.15, 0.2) is 0 Å². The van der Waals surface area contributed by atoms with Gasteiger partial charge in [-0.15, -0.1) is 0 Å². The molecule has 0 aromatic heterocycles. The Labute approximate surface area is 93.5 Å². The Balaban J connectivity index is 4.40. The molecule has 8 nitrogen and oxygen atoms in total. The molecule has 0 spiro atoms. The molecule has 16 heavy (non-hydrogen) atoms. The van der Waals surface area contributed by atoms with E-state index in [9.17, 15) is 16.8 Å². The van der Waals surface area contributed by atoms with E-state index in [-0.39, 0.29) is 0 Å². The van der Waals surface area contributed by atoms with Crippen molar-refractivity contribution in [3.05, 3.63) is 0 Å². The van der Waals surface area contributed by atoms with Crippen LogP contribution in [0.25, 0.3) is 0 Å². The van der Waals surface area contributed by atoms with E-state index in [1.54, 1.807) is 0 Å². The van der Waals surface area contributed by atoms with Gasteiger partial charge in [0.25, 0.3) is 0 Å². The lowest BCUT2D eigenvalue weighted by Crippen LogP contribution is -2.15. The Morgan fingerprint density at radius 1 is 0.875 bits per heavy atom. The minimum atomic E-state index is -4.62. The maximum absolute atomic E-state index is 10.2. The average Bonchev–Trinajstić information content (AvgIpc) is 1.94. The third kappa shape index (κ3) is 9.84. The van der Waals surface area contributed by atoms with Gasteiger partial charge in [0, 0.05) is 0 Å². The lowest BCUT2D eigenvalue weighted by atomic mass is 10.3. The fourth-order valence-corrected chi connectivity index (χ4v) is 1.47. The third-order valence-electron chi connectivity index (χ3n) is 1.02. The smallest absolute Gasteiger partial charge is 0.263 e. The summed E-state index contributed by atoms with van der Waals surface area (Å²) in [6.45, 7) is 2.42. The van der Waals surface area contributed by atoms with Crippen LogP contribution in [0, 0.1) is 11.8 Å². The van der Waals surface area contributed by atoms with Gasteiger partial charge in [-0.25, -0.2) is 8.37 Å². The van der Waals surface area contributed by atoms with Crippen molar-refractivity contribution in [1.82, 2.24) is 0 Å². The first kappa shape index (κ1) is 15.3. The molecule has 0 radical (unpaired) electrons. The van der Waals surface area contributed by atoms with E-state index in [2.05, 4.69) is 20.2 Å². The minimum absolute atomic E-state index is 1.18. The lowest BCUT2D eigenvalue weighted by Gasteiger charge is -2.03. The molecule has 0 aliphatic rings. The Kier molecular flexibility index (Phi) is 5.33. The summed E-state index contributed by atoms with van der Waals surface area (Å²) in [7, 11) is -9.23. The highest BCUT2D eigenvalue weighted by atomic mass is 32.3. The second-order valence-electron chi connectivity index (χ2n) is 2.62. The SMILES string of the molecule is CC(C#CC(C)OS(=O)(=O)O)OS(=O)(=O)O. The predicted octanol–water partition coefficient (Wildman–Crippen LogP) is -0.594. The molecule has 2 atom stereocenters. The molecule has 0 amide bonds. The Bertz CT molecular complexity index is 434. The fraction of sp³-hybridized carbons (Fsp3) is 0.667. The highest BCUT2D eigenvalue weighted by molar-refractivity contribution is 7.81. The van der Waals surface area contributed by atoms with E-state index < -0.39 is 33.0 Å². The number of hydrogen-bond donors (Lipinski definition) is 2. The van der Waals surface area contributed by atoms with Crippen molar-refractivity contribution >= 4 is 20.8 Å². The van der Waals surface area contributed by atoms with Crippen molar-refractivity contribution in [2.75, 3.05) is 0 Å². The maximum atomic E-state index is 10.2. The largest absolute Gasteiger partial charge is 0.398 e. The molecule has 2 N–H and O–H groups in total. The van der Waals surface area contributed by atoms with Crippen LogP contribution in [0.5, 0.6) is 0 Å². The molecule has 2 unspecified atom stereocenters. The summed E-state index contributed by atoms with van der Waals surface area (Å²) in [4.78, 5) is 0. The zero-order valence-corrected chi connectivity index (χ0v) is 9.95. The molecule has 0 heterocycles. The van der Waals surface area contributed by atoms with Gasteiger partial charge in [0.2, 0.25) is 0 Å². The molecular formula is C6H10O8S2. The van der Waals surface area contributed by atoms with Crippen molar-refractivity contribution < 1.29 is 34.3 Å². The molecule has 0 aromatic rings. The number of hydrogen-bond acceptors (Lipinski definition) is 6. The van der Waals surface area contributed by atoms with Gasteiger partial charge in [-0.2, -0.15) is 16.8 Å². The van der Waals surface area contributed by atoms with Crippen LogP contribution in [-0.2, 0) is 29.2 Å². The second kappa shape index (κ2) is 5.58. The maximum Gasteiger partial charge on any atom is 0.398 e. The minimum Gasteiger partial charge on any atom is -0.263 e. The second-order valence-corrected chi connectivity index (χ2v) is 4.72. The normalized spacial score (nSPS) is 16.0. The lowest BCUT2D eigenvalue weighted by molar-refractivity contribution is 0.232. The van der Waals surface area contributed by atoms with E-state index in [1.807, 2.05) is 0 Å². The molecule has 0 rings (SSSR count). The van der Waals surface area contributed by atoms with Crippen molar-refractivity contribution in [2.45, 2.75) is 26.1 Å². The number of rotatable bonds is 4. The Morgan fingerprint density at radius 3 is 1.31 bits per heavy atom. The van der Waals surface area contributed by atoms with Crippen LogP contribution in [0.15, 0.2) is 0 Å². The molecule has 94 valence electrons. The zero-order valence-electron chi connectivity index (χ0n) is 8.32. The van der Waals surface area contributed by atoms with Gasteiger partial charge in [-0.1, -0.05) is 11.8 Å². The van der Waals surface area contributed by atoms with Crippen LogP contribution in [0.2, 0.25) is 0 Å². The molecule has 0 saturated carbocycles. The van der Waals surface area contributed by atoms with Gasteiger partial charge < -0.3 is 0 Å². The highest BCUT2D eigenvalue weighted by Gasteiger charge is 2.11. The molecule has 0 fully saturated rings. The van der Waals surface area contributed by atoms with E-state index >= 15 is 0 Å². The summed E-state index contributed by atoms with van der Waals surface area (Å²) >= 11 is 0. The van der Waals surface area contributed by atoms with Crippen LogP contribution < -0.4 is 0 Å². The van der Waals surface area contributed by atoms with E-state index in [0.717, 1.165) is 0 Å². The summed E-state index contributed by atoms with van der Waals surface area (Å²) in [6.07, 6.45) is -2.36. The summed E-state index contributed by atoms with van der Waals surface area (Å²) in [5, 5.41) is 0. The average molecular weight is 274 g/mol. The molecule has 10 heteroatoms. The van der Waals surface area contributed by atoms with Crippen molar-refractivity contribution in [2.24, 2.45) is 0 Å². The van der Waals surface area contributed by atoms with Crippen molar-refractivity contribution in [1.29, 1.82) is 0 Å². The zero-order chi connectivity index (χ0) is 13.0. The first-order chi connectivity index (χ1) is 6.99. The third-order valence-corrected chi connectivity index (χ3v) is 2.09. The monoisotopic (exact) mass is 274 g/mol. The fourth-order valence-electron chi connectivity index (χ4n) is 0.648. The highest BCUT2D eigenvalue weighted by Crippen LogP contribution is 1.97. The summed E-state index contributed by atoms with van der Waals surface area (Å²) in [5.41, 5.74) is 0. The van der Waals surface area contributed by atoms with Crippen molar-refractivity contribution in [3.63, 3.8) is 0 Å². The molecule has 0 aromatic carbocycles. The Hall–Kier alpha value is -0.700. The van der Waals surface area contributed by atoms with Crippen LogP contribution in [-0.4, -0.2) is 38.1 Å². The van der Waals surface area contributed by atoms with Gasteiger partial charge in [0.1, 0.15) is 12.2 Å². The molecule has 0 saturated heterocycles. The van der Waals surface area contributed by atoms with E-state index in [1.165, 1.54) is 13.8 Å². The summed E-state index contributed by atoms with van der Waals surface area (Å²) in [5.74, 6) is 4.30. The first-order valence-corrected chi connectivity index (χ1v) is 6.55. The van der Waals surface area contributed by atoms with E-state index in [0.29, 0.717) is 0 Å². The van der Waals surface area contributed by atoms with Gasteiger partial charge in [-0.05, 0) is 13.8 Å². The molecule has 0 bridgehead atoms. The standard InChI is InChI=1S/C6H10O8S2/c1-5(13-15(7,8)9)3-4-6(2)14-16(10,11)12/h5-6H,1-2H3,(H,7,8,9)(H,10,11,12). The van der Waals surface area contributed by atoms with Gasteiger partial charge in [-0.3, -0.25) is 9.11 Å². The molecule has 0 aliphatic carbocycles. The topological polar surface area (TPSA) is 127 Å². The van der Waals surface area contributed by atoms with Crippen LogP contribution >= 0.6 is 0 Å².